The minimum Gasteiger partial charge on any atom is -0.488 e. The maximum absolute atomic E-state index is 12.4. The number of ether oxygens (including phenoxy) is 3. The van der Waals surface area contributed by atoms with Gasteiger partial charge in [-0.2, -0.15) is 0 Å². The van der Waals surface area contributed by atoms with E-state index in [1.807, 2.05) is 13.0 Å². The fraction of sp³-hybridized carbons (Fsp3) is 0.667. The smallest absolute Gasteiger partial charge is 0.302 e. The minimum atomic E-state index is -0.724. The van der Waals surface area contributed by atoms with Crippen LogP contribution in [0.1, 0.15) is 67.2 Å². The van der Waals surface area contributed by atoms with Gasteiger partial charge >= 0.3 is 5.97 Å². The van der Waals surface area contributed by atoms with Gasteiger partial charge in [0.15, 0.2) is 11.6 Å². The highest BCUT2D eigenvalue weighted by Gasteiger charge is 2.70. The standard InChI is InChI=1S/C27H36O6/c1-16-12-21-19(13-20(16)30)27(15-31-18(3)29)24(33-27)22(32-21)14-26(6)11-7-10-25(4,5)23(26)9-8-17(2)28/h8-9,12,14,19,21,23-24H,7,10-11,13,15H2,1-6H3/b9-8+,22-14-/t19-,21+,23-,24-,26+,27+/m0/s1. The van der Waals surface area contributed by atoms with Crippen LogP contribution < -0.4 is 0 Å². The number of hydrogen-bond donors (Lipinski definition) is 0. The second-order valence-corrected chi connectivity index (χ2v) is 11.2. The Hall–Kier alpha value is -2.21. The number of fused-ring (bicyclic) bond motifs is 3. The molecule has 3 fully saturated rings. The SMILES string of the molecule is CC(=O)/C=C/[C@H]1C(C)(C)CCC[C@]1(C)/C=C1\O[C@@H]2C=C(C)C(=O)C[C@@H]2[C@@]2(COC(C)=O)O[C@@H]12. The summed E-state index contributed by atoms with van der Waals surface area (Å²) in [6, 6.07) is 0. The lowest BCUT2D eigenvalue weighted by Gasteiger charge is -2.49. The molecule has 33 heavy (non-hydrogen) atoms. The topological polar surface area (TPSA) is 82.2 Å². The third kappa shape index (κ3) is 4.34. The lowest BCUT2D eigenvalue weighted by atomic mass is 9.56. The molecule has 0 bridgehead atoms. The van der Waals surface area contributed by atoms with E-state index >= 15 is 0 Å². The maximum Gasteiger partial charge on any atom is 0.302 e. The Balaban J connectivity index is 1.71. The number of epoxide rings is 1. The van der Waals surface area contributed by atoms with Crippen molar-refractivity contribution in [2.45, 2.75) is 85.0 Å². The Kier molecular flexibility index (Phi) is 5.97. The summed E-state index contributed by atoms with van der Waals surface area (Å²) in [6.07, 6.45) is 10.7. The zero-order valence-corrected chi connectivity index (χ0v) is 20.6. The van der Waals surface area contributed by atoms with Crippen molar-refractivity contribution in [3.63, 3.8) is 0 Å². The van der Waals surface area contributed by atoms with Crippen molar-refractivity contribution in [1.29, 1.82) is 0 Å². The van der Waals surface area contributed by atoms with Gasteiger partial charge in [-0.1, -0.05) is 33.3 Å². The Morgan fingerprint density at radius 3 is 2.61 bits per heavy atom. The monoisotopic (exact) mass is 456 g/mol. The van der Waals surface area contributed by atoms with Gasteiger partial charge in [-0.3, -0.25) is 14.4 Å². The molecule has 4 aliphatic rings. The molecular weight excluding hydrogens is 420 g/mol. The van der Waals surface area contributed by atoms with Crippen molar-refractivity contribution in [2.75, 3.05) is 6.61 Å². The second-order valence-electron chi connectivity index (χ2n) is 11.2. The van der Waals surface area contributed by atoms with Crippen LogP contribution in [0.4, 0.5) is 0 Å². The van der Waals surface area contributed by atoms with E-state index in [1.54, 1.807) is 13.0 Å². The number of ketones is 2. The lowest BCUT2D eigenvalue weighted by molar-refractivity contribution is -0.144. The number of Topliss-reactive ketones (excluding diaryl/α,β-unsaturated/α-hetero) is 1. The van der Waals surface area contributed by atoms with E-state index in [0.717, 1.165) is 25.0 Å². The van der Waals surface area contributed by atoms with Gasteiger partial charge < -0.3 is 14.2 Å². The summed E-state index contributed by atoms with van der Waals surface area (Å²) in [5, 5.41) is 0. The first kappa shape index (κ1) is 23.9. The summed E-state index contributed by atoms with van der Waals surface area (Å²) < 4.78 is 18.1. The van der Waals surface area contributed by atoms with Crippen LogP contribution in [0.5, 0.6) is 0 Å². The molecule has 4 rings (SSSR count). The van der Waals surface area contributed by atoms with Crippen LogP contribution in [0.15, 0.2) is 35.6 Å². The number of carbonyl (C=O) groups is 3. The van der Waals surface area contributed by atoms with Gasteiger partial charge in [-0.05, 0) is 67.2 Å². The largest absolute Gasteiger partial charge is 0.488 e. The molecule has 0 unspecified atom stereocenters. The predicted molar refractivity (Wildman–Crippen MR) is 123 cm³/mol. The van der Waals surface area contributed by atoms with Crippen molar-refractivity contribution in [3.05, 3.63) is 35.6 Å². The molecule has 0 N–H and O–H groups in total. The summed E-state index contributed by atoms with van der Waals surface area (Å²) in [5.74, 6) is 0.489. The molecule has 0 aromatic carbocycles. The van der Waals surface area contributed by atoms with Crippen LogP contribution in [-0.2, 0) is 28.6 Å². The molecule has 0 radical (unpaired) electrons. The van der Waals surface area contributed by atoms with Gasteiger partial charge in [0, 0.05) is 19.3 Å². The molecule has 0 spiro atoms. The van der Waals surface area contributed by atoms with Gasteiger partial charge in [0.05, 0.1) is 0 Å². The first-order valence-corrected chi connectivity index (χ1v) is 12.0. The van der Waals surface area contributed by atoms with E-state index in [2.05, 4.69) is 32.9 Å². The molecule has 6 atom stereocenters. The second kappa shape index (κ2) is 8.23. The Bertz CT molecular complexity index is 956. The number of esters is 1. The number of rotatable bonds is 5. The van der Waals surface area contributed by atoms with Crippen molar-refractivity contribution < 1.29 is 28.6 Å². The van der Waals surface area contributed by atoms with Crippen LogP contribution in [0.3, 0.4) is 0 Å². The summed E-state index contributed by atoms with van der Waals surface area (Å²) in [5.41, 5.74) is -0.221. The van der Waals surface area contributed by atoms with Gasteiger partial charge in [-0.25, -0.2) is 0 Å². The van der Waals surface area contributed by atoms with Crippen LogP contribution in [0.2, 0.25) is 0 Å². The molecule has 2 saturated heterocycles. The third-order valence-corrected chi connectivity index (χ3v) is 8.12. The average Bonchev–Trinajstić information content (AvgIpc) is 3.43. The van der Waals surface area contributed by atoms with Gasteiger partial charge in [0.25, 0.3) is 0 Å². The van der Waals surface area contributed by atoms with E-state index in [0.29, 0.717) is 12.0 Å². The molecule has 6 nitrogen and oxygen atoms in total. The van der Waals surface area contributed by atoms with E-state index in [9.17, 15) is 14.4 Å². The number of hydrogen-bond acceptors (Lipinski definition) is 6. The van der Waals surface area contributed by atoms with Crippen molar-refractivity contribution >= 4 is 17.5 Å². The summed E-state index contributed by atoms with van der Waals surface area (Å²) in [4.78, 5) is 35.7. The molecule has 2 heterocycles. The highest BCUT2D eigenvalue weighted by atomic mass is 16.7. The van der Waals surface area contributed by atoms with Crippen molar-refractivity contribution in [2.24, 2.45) is 22.7 Å². The highest BCUT2D eigenvalue weighted by molar-refractivity contribution is 5.96. The maximum atomic E-state index is 12.4. The van der Waals surface area contributed by atoms with E-state index in [-0.39, 0.29) is 59.0 Å². The van der Waals surface area contributed by atoms with E-state index in [4.69, 9.17) is 14.2 Å². The molecule has 0 aromatic heterocycles. The van der Waals surface area contributed by atoms with Crippen LogP contribution >= 0.6 is 0 Å². The Morgan fingerprint density at radius 2 is 1.94 bits per heavy atom. The zero-order chi connectivity index (χ0) is 24.2. The predicted octanol–water partition coefficient (Wildman–Crippen LogP) is 4.48. The molecule has 2 aliphatic heterocycles. The van der Waals surface area contributed by atoms with Crippen LogP contribution in [0.25, 0.3) is 0 Å². The molecule has 0 amide bonds. The fourth-order valence-corrected chi connectivity index (χ4v) is 6.35. The average molecular weight is 457 g/mol. The highest BCUT2D eigenvalue weighted by Crippen LogP contribution is 2.59. The normalized spacial score (nSPS) is 40.5. The number of allylic oxidation sites excluding steroid dienone is 4. The van der Waals surface area contributed by atoms with E-state index < -0.39 is 5.60 Å². The molecular formula is C27H36O6. The number of carbonyl (C=O) groups excluding carboxylic acids is 3. The summed E-state index contributed by atoms with van der Waals surface area (Å²) in [6.45, 7) is 11.6. The lowest BCUT2D eigenvalue weighted by Crippen LogP contribution is -2.48. The van der Waals surface area contributed by atoms with Crippen LogP contribution in [0, 0.1) is 22.7 Å². The molecule has 1 saturated carbocycles. The molecule has 0 aromatic rings. The zero-order valence-electron chi connectivity index (χ0n) is 20.6. The molecule has 6 heteroatoms. The van der Waals surface area contributed by atoms with Gasteiger partial charge in [0.2, 0.25) is 0 Å². The third-order valence-electron chi connectivity index (χ3n) is 8.12. The van der Waals surface area contributed by atoms with Gasteiger partial charge in [-0.15, -0.1) is 0 Å². The van der Waals surface area contributed by atoms with Crippen LogP contribution in [-0.4, -0.2) is 42.0 Å². The quantitative estimate of drug-likeness (QED) is 0.345. The summed E-state index contributed by atoms with van der Waals surface area (Å²) in [7, 11) is 0. The minimum absolute atomic E-state index is 0.0280. The van der Waals surface area contributed by atoms with Crippen molar-refractivity contribution in [1.82, 2.24) is 0 Å². The summed E-state index contributed by atoms with van der Waals surface area (Å²) >= 11 is 0. The Labute approximate surface area is 196 Å². The first-order chi connectivity index (χ1) is 15.4. The molecule has 2 aliphatic carbocycles. The first-order valence-electron chi connectivity index (χ1n) is 12.0. The van der Waals surface area contributed by atoms with Gasteiger partial charge in [0.1, 0.15) is 30.2 Å². The fourth-order valence-electron chi connectivity index (χ4n) is 6.35. The molecule has 180 valence electrons. The van der Waals surface area contributed by atoms with E-state index in [1.165, 1.54) is 6.92 Å². The Morgan fingerprint density at radius 1 is 1.21 bits per heavy atom. The van der Waals surface area contributed by atoms with Crippen molar-refractivity contribution in [3.8, 4) is 0 Å².